The molecule has 45 heavy (non-hydrogen) atoms. The molecule has 236 valence electrons. The Morgan fingerprint density at radius 1 is 0.933 bits per heavy atom. The molecule has 0 saturated carbocycles. The van der Waals surface area contributed by atoms with E-state index in [0.29, 0.717) is 65.2 Å². The number of alkyl halides is 3. The number of rotatable bonds is 9. The molecule has 3 aromatic carbocycles. The second-order valence-corrected chi connectivity index (χ2v) is 11.0. The molecule has 2 aliphatic rings. The number of likely N-dealkylation sites (tertiary alicyclic amines) is 1. The van der Waals surface area contributed by atoms with Gasteiger partial charge in [0.1, 0.15) is 24.7 Å². The van der Waals surface area contributed by atoms with Crippen LogP contribution in [0.1, 0.15) is 24.8 Å². The zero-order valence-electron chi connectivity index (χ0n) is 24.1. The van der Waals surface area contributed by atoms with E-state index in [0.717, 1.165) is 38.2 Å². The van der Waals surface area contributed by atoms with Gasteiger partial charge in [-0.3, -0.25) is 4.98 Å². The molecule has 0 radical (unpaired) electrons. The molecule has 0 atom stereocenters. The molecule has 2 amide bonds. The number of pyridine rings is 1. The number of amides is 2. The summed E-state index contributed by atoms with van der Waals surface area (Å²) < 4.78 is 63.8. The standard InChI is InChI=1S/C32H30ClF3N4O5/c33-24-9-6-21(18-23(24)32(34,35)36)39-31(41)38-20-4-7-22(8-5-20)45-26-10-11-37-25-19-27(29-30(28(25)26)44-17-16-43-29)42-15-3-14-40-12-1-2-13-40/h4-11,18-19H,1-3,12-17H2,(H2,38,39,41). The van der Waals surface area contributed by atoms with Crippen molar-refractivity contribution in [3.05, 3.63) is 71.4 Å². The van der Waals surface area contributed by atoms with Gasteiger partial charge in [-0.25, -0.2) is 4.79 Å². The number of hydrogen-bond donors (Lipinski definition) is 2. The third kappa shape index (κ3) is 7.29. The van der Waals surface area contributed by atoms with Crippen LogP contribution >= 0.6 is 11.6 Å². The first kappa shape index (κ1) is 30.6. The van der Waals surface area contributed by atoms with Gasteiger partial charge in [-0.15, -0.1) is 0 Å². The van der Waals surface area contributed by atoms with E-state index in [1.165, 1.54) is 18.9 Å². The largest absolute Gasteiger partial charge is 0.489 e. The summed E-state index contributed by atoms with van der Waals surface area (Å²) in [5, 5.41) is 5.15. The Bertz CT molecular complexity index is 1680. The SMILES string of the molecule is O=C(Nc1ccc(Oc2ccnc3cc(OCCCN4CCCC4)c4c(c23)OCCO4)cc1)Nc1ccc(Cl)c(C(F)(F)F)c1. The van der Waals surface area contributed by atoms with Crippen molar-refractivity contribution in [3.8, 4) is 28.7 Å². The number of urea groups is 1. The molecule has 13 heteroatoms. The Balaban J connectivity index is 1.13. The van der Waals surface area contributed by atoms with Crippen molar-refractivity contribution < 1.29 is 36.9 Å². The van der Waals surface area contributed by atoms with E-state index in [1.807, 2.05) is 6.07 Å². The fourth-order valence-electron chi connectivity index (χ4n) is 5.29. The maximum atomic E-state index is 13.1. The van der Waals surface area contributed by atoms with Crippen molar-refractivity contribution in [1.82, 2.24) is 9.88 Å². The maximum absolute atomic E-state index is 13.1. The number of nitrogens with zero attached hydrogens (tertiary/aromatic N) is 2. The van der Waals surface area contributed by atoms with Gasteiger partial charge in [0.15, 0.2) is 11.5 Å². The Morgan fingerprint density at radius 3 is 2.40 bits per heavy atom. The van der Waals surface area contributed by atoms with Crippen molar-refractivity contribution in [3.63, 3.8) is 0 Å². The Hall–Kier alpha value is -4.42. The number of hydrogen-bond acceptors (Lipinski definition) is 7. The molecular formula is C32H30ClF3N4O5. The first-order valence-corrected chi connectivity index (χ1v) is 14.9. The summed E-state index contributed by atoms with van der Waals surface area (Å²) in [6.07, 6.45) is 0.383. The van der Waals surface area contributed by atoms with E-state index in [2.05, 4.69) is 20.5 Å². The quantitative estimate of drug-likeness (QED) is 0.179. The van der Waals surface area contributed by atoms with E-state index < -0.39 is 22.8 Å². The predicted molar refractivity (Wildman–Crippen MR) is 164 cm³/mol. The molecule has 1 saturated heterocycles. The summed E-state index contributed by atoms with van der Waals surface area (Å²) in [5.74, 6) is 2.55. The van der Waals surface area contributed by atoms with Crippen molar-refractivity contribution in [2.24, 2.45) is 0 Å². The number of anilines is 2. The normalized spacial score (nSPS) is 14.8. The average Bonchev–Trinajstić information content (AvgIpc) is 3.54. The van der Waals surface area contributed by atoms with Crippen LogP contribution in [0.5, 0.6) is 28.7 Å². The van der Waals surface area contributed by atoms with Gasteiger partial charge in [-0.05, 0) is 80.9 Å². The van der Waals surface area contributed by atoms with Gasteiger partial charge < -0.3 is 34.5 Å². The summed E-state index contributed by atoms with van der Waals surface area (Å²) in [4.78, 5) is 19.4. The van der Waals surface area contributed by atoms with Gasteiger partial charge in [0.05, 0.1) is 28.1 Å². The summed E-state index contributed by atoms with van der Waals surface area (Å²) in [6.45, 7) is 4.58. The Labute approximate surface area is 262 Å². The Kier molecular flexibility index (Phi) is 9.04. The van der Waals surface area contributed by atoms with Gasteiger partial charge in [-0.2, -0.15) is 13.2 Å². The lowest BCUT2D eigenvalue weighted by Crippen LogP contribution is -2.22. The van der Waals surface area contributed by atoms with Crippen molar-refractivity contribution >= 4 is 39.9 Å². The van der Waals surface area contributed by atoms with Crippen LogP contribution in [0.25, 0.3) is 10.9 Å². The molecule has 4 aromatic rings. The van der Waals surface area contributed by atoms with Crippen LogP contribution in [0.15, 0.2) is 60.8 Å². The van der Waals surface area contributed by atoms with E-state index in [9.17, 15) is 18.0 Å². The molecule has 1 fully saturated rings. The topological polar surface area (TPSA) is 94.2 Å². The fraction of sp³-hybridized carbons (Fsp3) is 0.312. The molecule has 0 spiro atoms. The predicted octanol–water partition coefficient (Wildman–Crippen LogP) is 7.98. The van der Waals surface area contributed by atoms with E-state index in [1.54, 1.807) is 36.5 Å². The van der Waals surface area contributed by atoms with Gasteiger partial charge >= 0.3 is 12.2 Å². The summed E-state index contributed by atoms with van der Waals surface area (Å²) in [7, 11) is 0. The molecule has 6 rings (SSSR count). The number of carbonyl (C=O) groups excluding carboxylic acids is 1. The summed E-state index contributed by atoms with van der Waals surface area (Å²) >= 11 is 5.65. The van der Waals surface area contributed by atoms with Crippen LogP contribution in [-0.2, 0) is 6.18 Å². The Morgan fingerprint density at radius 2 is 1.64 bits per heavy atom. The minimum Gasteiger partial charge on any atom is -0.489 e. The zero-order valence-corrected chi connectivity index (χ0v) is 24.8. The molecule has 1 aromatic heterocycles. The highest BCUT2D eigenvalue weighted by molar-refractivity contribution is 6.31. The molecule has 2 aliphatic heterocycles. The molecule has 9 nitrogen and oxygen atoms in total. The van der Waals surface area contributed by atoms with E-state index in [4.69, 9.17) is 30.5 Å². The monoisotopic (exact) mass is 642 g/mol. The summed E-state index contributed by atoms with van der Waals surface area (Å²) in [5.41, 5.74) is -0.0804. The molecule has 0 bridgehead atoms. The molecule has 2 N–H and O–H groups in total. The fourth-order valence-corrected chi connectivity index (χ4v) is 5.51. The average molecular weight is 643 g/mol. The number of fused-ring (bicyclic) bond motifs is 3. The first-order valence-electron chi connectivity index (χ1n) is 14.5. The lowest BCUT2D eigenvalue weighted by atomic mass is 10.1. The number of ether oxygens (including phenoxy) is 4. The molecule has 0 unspecified atom stereocenters. The third-order valence-electron chi connectivity index (χ3n) is 7.39. The highest BCUT2D eigenvalue weighted by Crippen LogP contribution is 2.48. The number of carbonyl (C=O) groups is 1. The highest BCUT2D eigenvalue weighted by Gasteiger charge is 2.33. The smallest absolute Gasteiger partial charge is 0.417 e. The van der Waals surface area contributed by atoms with Crippen LogP contribution in [0.2, 0.25) is 5.02 Å². The maximum Gasteiger partial charge on any atom is 0.417 e. The van der Waals surface area contributed by atoms with Crippen LogP contribution in [0.4, 0.5) is 29.3 Å². The lowest BCUT2D eigenvalue weighted by Gasteiger charge is -2.24. The third-order valence-corrected chi connectivity index (χ3v) is 7.72. The first-order chi connectivity index (χ1) is 21.7. The van der Waals surface area contributed by atoms with Gasteiger partial charge in [0.2, 0.25) is 5.75 Å². The van der Waals surface area contributed by atoms with Crippen molar-refractivity contribution in [1.29, 1.82) is 0 Å². The van der Waals surface area contributed by atoms with Crippen molar-refractivity contribution in [2.45, 2.75) is 25.4 Å². The highest BCUT2D eigenvalue weighted by atomic mass is 35.5. The minimum atomic E-state index is -4.65. The van der Waals surface area contributed by atoms with E-state index in [-0.39, 0.29) is 5.69 Å². The number of nitrogens with one attached hydrogen (secondary N) is 2. The zero-order chi connectivity index (χ0) is 31.4. The van der Waals surface area contributed by atoms with Gasteiger partial charge in [0.25, 0.3) is 0 Å². The second-order valence-electron chi connectivity index (χ2n) is 10.6. The molecular weight excluding hydrogens is 613 g/mol. The van der Waals surface area contributed by atoms with Crippen LogP contribution < -0.4 is 29.6 Å². The van der Waals surface area contributed by atoms with Gasteiger partial charge in [-0.1, -0.05) is 11.6 Å². The second kappa shape index (κ2) is 13.3. The van der Waals surface area contributed by atoms with Crippen LogP contribution in [-0.4, -0.2) is 55.4 Å². The van der Waals surface area contributed by atoms with Crippen molar-refractivity contribution in [2.75, 3.05) is 50.1 Å². The molecule has 3 heterocycles. The van der Waals surface area contributed by atoms with Crippen LogP contribution in [0.3, 0.4) is 0 Å². The molecule has 0 aliphatic carbocycles. The minimum absolute atomic E-state index is 0.0566. The van der Waals surface area contributed by atoms with Crippen LogP contribution in [0, 0.1) is 0 Å². The lowest BCUT2D eigenvalue weighted by molar-refractivity contribution is -0.137. The number of benzene rings is 3. The number of halogens is 4. The summed E-state index contributed by atoms with van der Waals surface area (Å²) in [6, 6.07) is 12.5. The van der Waals surface area contributed by atoms with Gasteiger partial charge in [0, 0.05) is 30.2 Å². The van der Waals surface area contributed by atoms with E-state index >= 15 is 0 Å². The number of aromatic nitrogens is 1.